The maximum Gasteiger partial charge on any atom is 0.407 e. The van der Waals surface area contributed by atoms with E-state index in [4.69, 9.17) is 14.9 Å². The van der Waals surface area contributed by atoms with Gasteiger partial charge in [-0.2, -0.15) is 0 Å². The van der Waals surface area contributed by atoms with Gasteiger partial charge in [0.1, 0.15) is 12.6 Å². The van der Waals surface area contributed by atoms with Gasteiger partial charge in [-0.25, -0.2) is 9.59 Å². The minimum absolute atomic E-state index is 0.0353. The van der Waals surface area contributed by atoms with Gasteiger partial charge in [0.2, 0.25) is 5.91 Å². The van der Waals surface area contributed by atoms with Gasteiger partial charge < -0.3 is 25.6 Å². The Morgan fingerprint density at radius 1 is 1.03 bits per heavy atom. The highest BCUT2D eigenvalue weighted by molar-refractivity contribution is 5.85. The fourth-order valence-electron chi connectivity index (χ4n) is 4.29. The molecule has 2 aromatic carbocycles. The second-order valence-electron chi connectivity index (χ2n) is 8.38. The van der Waals surface area contributed by atoms with Gasteiger partial charge in [-0.15, -0.1) is 0 Å². The predicted octanol–water partition coefficient (Wildman–Crippen LogP) is 2.40. The largest absolute Gasteiger partial charge is 0.480 e. The molecule has 32 heavy (non-hydrogen) atoms. The molecule has 2 aliphatic carbocycles. The van der Waals surface area contributed by atoms with Gasteiger partial charge in [-0.05, 0) is 35.1 Å². The molecule has 8 nitrogen and oxygen atoms in total. The number of hydrogen-bond donors (Lipinski definition) is 4. The van der Waals surface area contributed by atoms with Crippen LogP contribution in [0.4, 0.5) is 4.79 Å². The van der Waals surface area contributed by atoms with E-state index >= 15 is 0 Å². The van der Waals surface area contributed by atoms with Crippen LogP contribution in [0.3, 0.4) is 0 Å². The van der Waals surface area contributed by atoms with Crippen LogP contribution in [0.15, 0.2) is 48.5 Å². The summed E-state index contributed by atoms with van der Waals surface area (Å²) in [6.45, 7) is -0.167. The zero-order valence-corrected chi connectivity index (χ0v) is 17.5. The third-order valence-electron chi connectivity index (χ3n) is 6.11. The van der Waals surface area contributed by atoms with E-state index in [1.807, 2.05) is 36.4 Å². The molecule has 8 heteroatoms. The molecule has 168 valence electrons. The molecule has 2 amide bonds. The fraction of sp³-hybridized carbons (Fsp3) is 0.375. The average Bonchev–Trinajstić information content (AvgIpc) is 3.44. The molecule has 0 aromatic heterocycles. The number of aliphatic carboxylic acids is 1. The first kappa shape index (κ1) is 21.8. The van der Waals surface area contributed by atoms with Crippen molar-refractivity contribution in [3.63, 3.8) is 0 Å². The third kappa shape index (κ3) is 4.60. The zero-order chi connectivity index (χ0) is 22.7. The molecule has 0 aliphatic heterocycles. The number of carboxylic acids is 1. The standard InChI is InChI=1S/C24H26N2O6/c27-12-9-20(22(29)30)25-21(28)13-24(10-11-24)26-23(31)32-14-19-17-7-3-1-5-15(17)16-6-2-4-8-18(16)19/h1-8,19-20,27H,9-14H2,(H,25,28)(H,26,31)(H,29,30)/t20-/m0/s1. The number of nitrogens with one attached hydrogen (secondary N) is 2. The summed E-state index contributed by atoms with van der Waals surface area (Å²) in [6, 6.07) is 15.0. The second kappa shape index (κ2) is 9.00. The molecule has 0 saturated heterocycles. The van der Waals surface area contributed by atoms with Crippen LogP contribution in [0.1, 0.15) is 42.7 Å². The highest BCUT2D eigenvalue weighted by Gasteiger charge is 2.46. The van der Waals surface area contributed by atoms with Crippen molar-refractivity contribution in [2.24, 2.45) is 0 Å². The average molecular weight is 438 g/mol. The molecule has 1 saturated carbocycles. The number of carboxylic acid groups (broad SMARTS) is 1. The van der Waals surface area contributed by atoms with Crippen molar-refractivity contribution in [1.82, 2.24) is 10.6 Å². The molecular weight excluding hydrogens is 412 g/mol. The number of carbonyl (C=O) groups excluding carboxylic acids is 2. The molecule has 1 fully saturated rings. The van der Waals surface area contributed by atoms with Crippen molar-refractivity contribution in [3.8, 4) is 11.1 Å². The number of aliphatic hydroxyl groups excluding tert-OH is 1. The highest BCUT2D eigenvalue weighted by Crippen LogP contribution is 2.44. The maximum absolute atomic E-state index is 12.5. The van der Waals surface area contributed by atoms with Crippen LogP contribution in [-0.2, 0) is 14.3 Å². The van der Waals surface area contributed by atoms with E-state index in [0.717, 1.165) is 22.3 Å². The molecule has 0 bridgehead atoms. The van der Waals surface area contributed by atoms with Gasteiger partial charge in [0.25, 0.3) is 0 Å². The van der Waals surface area contributed by atoms with E-state index in [-0.39, 0.29) is 32.0 Å². The minimum Gasteiger partial charge on any atom is -0.480 e. The molecule has 0 unspecified atom stereocenters. The normalized spacial score (nSPS) is 16.4. The number of hydrogen-bond acceptors (Lipinski definition) is 5. The summed E-state index contributed by atoms with van der Waals surface area (Å²) in [5, 5.41) is 23.2. The third-order valence-corrected chi connectivity index (χ3v) is 6.11. The number of ether oxygens (including phenoxy) is 1. The summed E-state index contributed by atoms with van der Waals surface area (Å²) in [7, 11) is 0. The molecule has 0 heterocycles. The first-order valence-electron chi connectivity index (χ1n) is 10.7. The lowest BCUT2D eigenvalue weighted by Gasteiger charge is -2.20. The molecule has 0 spiro atoms. The molecular formula is C24H26N2O6. The van der Waals surface area contributed by atoms with Crippen molar-refractivity contribution in [2.75, 3.05) is 13.2 Å². The lowest BCUT2D eigenvalue weighted by Crippen LogP contribution is -2.46. The van der Waals surface area contributed by atoms with E-state index in [0.29, 0.717) is 12.8 Å². The fourth-order valence-corrected chi connectivity index (χ4v) is 4.29. The topological polar surface area (TPSA) is 125 Å². The SMILES string of the molecule is O=C(CC1(NC(=O)OCC2c3ccccc3-c3ccccc32)CC1)N[C@@H](CCO)C(=O)O. The number of amides is 2. The smallest absolute Gasteiger partial charge is 0.407 e. The maximum atomic E-state index is 12.5. The van der Waals surface area contributed by atoms with Crippen LogP contribution in [0.25, 0.3) is 11.1 Å². The Balaban J connectivity index is 1.34. The van der Waals surface area contributed by atoms with E-state index in [2.05, 4.69) is 22.8 Å². The van der Waals surface area contributed by atoms with E-state index in [9.17, 15) is 14.4 Å². The summed E-state index contributed by atoms with van der Waals surface area (Å²) < 4.78 is 5.55. The molecule has 1 atom stereocenters. The monoisotopic (exact) mass is 438 g/mol. The Morgan fingerprint density at radius 3 is 2.16 bits per heavy atom. The quantitative estimate of drug-likeness (QED) is 0.477. The van der Waals surface area contributed by atoms with E-state index in [1.165, 1.54) is 0 Å². The number of carbonyl (C=O) groups is 3. The van der Waals surface area contributed by atoms with Crippen LogP contribution < -0.4 is 10.6 Å². The van der Waals surface area contributed by atoms with Crippen LogP contribution in [0.2, 0.25) is 0 Å². The van der Waals surface area contributed by atoms with Crippen LogP contribution in [-0.4, -0.2) is 53.0 Å². The Hall–Kier alpha value is -3.39. The summed E-state index contributed by atoms with van der Waals surface area (Å²) in [5.41, 5.74) is 3.80. The van der Waals surface area contributed by atoms with Crippen LogP contribution in [0, 0.1) is 0 Å². The summed E-state index contributed by atoms with van der Waals surface area (Å²) in [5.74, 6) is -1.74. The second-order valence-corrected chi connectivity index (χ2v) is 8.38. The lowest BCUT2D eigenvalue weighted by atomic mass is 9.98. The van der Waals surface area contributed by atoms with Gasteiger partial charge >= 0.3 is 12.1 Å². The first-order valence-corrected chi connectivity index (χ1v) is 10.7. The summed E-state index contributed by atoms with van der Waals surface area (Å²) >= 11 is 0. The Labute approximate surface area is 185 Å². The number of benzene rings is 2. The lowest BCUT2D eigenvalue weighted by molar-refractivity contribution is -0.142. The minimum atomic E-state index is -1.21. The van der Waals surface area contributed by atoms with Crippen molar-refractivity contribution < 1.29 is 29.3 Å². The van der Waals surface area contributed by atoms with Crippen LogP contribution >= 0.6 is 0 Å². The van der Waals surface area contributed by atoms with Crippen molar-refractivity contribution in [1.29, 1.82) is 0 Å². The molecule has 4 N–H and O–H groups in total. The van der Waals surface area contributed by atoms with Gasteiger partial charge in [-0.1, -0.05) is 48.5 Å². The Bertz CT molecular complexity index is 987. The van der Waals surface area contributed by atoms with Gasteiger partial charge in [0.05, 0.1) is 5.54 Å². The zero-order valence-electron chi connectivity index (χ0n) is 17.5. The molecule has 2 aliphatic rings. The molecule has 4 rings (SSSR count). The van der Waals surface area contributed by atoms with Gasteiger partial charge in [0.15, 0.2) is 0 Å². The van der Waals surface area contributed by atoms with Crippen LogP contribution in [0.5, 0.6) is 0 Å². The number of alkyl carbamates (subject to hydrolysis) is 1. The van der Waals surface area contributed by atoms with Crippen molar-refractivity contribution in [2.45, 2.75) is 43.2 Å². The number of aliphatic hydroxyl groups is 1. The summed E-state index contributed by atoms with van der Waals surface area (Å²) in [4.78, 5) is 35.9. The number of rotatable bonds is 9. The Morgan fingerprint density at radius 2 is 1.62 bits per heavy atom. The highest BCUT2D eigenvalue weighted by atomic mass is 16.5. The van der Waals surface area contributed by atoms with Crippen molar-refractivity contribution in [3.05, 3.63) is 59.7 Å². The predicted molar refractivity (Wildman–Crippen MR) is 116 cm³/mol. The van der Waals surface area contributed by atoms with Gasteiger partial charge in [0, 0.05) is 25.4 Å². The molecule has 2 aromatic rings. The number of fused-ring (bicyclic) bond motifs is 3. The van der Waals surface area contributed by atoms with Crippen molar-refractivity contribution >= 4 is 18.0 Å². The Kier molecular flexibility index (Phi) is 6.14. The van der Waals surface area contributed by atoms with Gasteiger partial charge in [-0.3, -0.25) is 4.79 Å². The first-order chi connectivity index (χ1) is 15.4. The van der Waals surface area contributed by atoms with E-state index < -0.39 is 29.6 Å². The van der Waals surface area contributed by atoms with E-state index in [1.54, 1.807) is 0 Å². The summed E-state index contributed by atoms with van der Waals surface area (Å²) in [6.07, 6.45) is 0.521. The molecule has 0 radical (unpaired) electrons.